The Morgan fingerprint density at radius 3 is 3.06 bits per heavy atom. The first-order chi connectivity index (χ1) is 8.24. The molecular formula is C11H12N4O2. The van der Waals surface area contributed by atoms with Crippen molar-refractivity contribution in [1.82, 2.24) is 19.9 Å². The lowest BCUT2D eigenvalue weighted by atomic mass is 10.2. The minimum atomic E-state index is -0.0593. The maximum atomic E-state index is 11.9. The third-order valence-corrected chi connectivity index (χ3v) is 2.84. The molecule has 3 rings (SSSR count). The van der Waals surface area contributed by atoms with Crippen LogP contribution in [0.1, 0.15) is 41.0 Å². The van der Waals surface area contributed by atoms with Gasteiger partial charge in [-0.25, -0.2) is 0 Å². The fraction of sp³-hybridized carbons (Fsp3) is 0.455. The molecule has 1 saturated carbocycles. The average molecular weight is 232 g/mol. The van der Waals surface area contributed by atoms with E-state index in [4.69, 9.17) is 4.52 Å². The van der Waals surface area contributed by atoms with Gasteiger partial charge in [-0.3, -0.25) is 9.48 Å². The molecule has 0 radical (unpaired) electrons. The predicted octanol–water partition coefficient (Wildman–Crippen LogP) is 1.11. The zero-order valence-corrected chi connectivity index (χ0v) is 9.46. The second-order valence-electron chi connectivity index (χ2n) is 4.26. The van der Waals surface area contributed by atoms with Crippen molar-refractivity contribution in [2.75, 3.05) is 0 Å². The van der Waals surface area contributed by atoms with E-state index in [0.717, 1.165) is 18.7 Å². The largest absolute Gasteiger partial charge is 0.339 e. The second-order valence-corrected chi connectivity index (χ2v) is 4.26. The van der Waals surface area contributed by atoms with Gasteiger partial charge in [0.15, 0.2) is 11.6 Å². The Balaban J connectivity index is 1.73. The minimum absolute atomic E-state index is 0.0593. The molecule has 0 N–H and O–H groups in total. The molecule has 2 heterocycles. The van der Waals surface area contributed by atoms with E-state index in [9.17, 15) is 4.79 Å². The summed E-state index contributed by atoms with van der Waals surface area (Å²) in [6.07, 6.45) is 3.97. The van der Waals surface area contributed by atoms with Crippen LogP contribution in [0.15, 0.2) is 16.8 Å². The van der Waals surface area contributed by atoms with Gasteiger partial charge in [0.25, 0.3) is 0 Å². The van der Waals surface area contributed by atoms with E-state index in [0.29, 0.717) is 17.5 Å². The number of aryl methyl sites for hydroxylation is 1. The van der Waals surface area contributed by atoms with E-state index < -0.39 is 0 Å². The van der Waals surface area contributed by atoms with Crippen LogP contribution in [0.25, 0.3) is 0 Å². The first-order valence-corrected chi connectivity index (χ1v) is 5.57. The maximum Gasteiger partial charge on any atom is 0.234 e. The van der Waals surface area contributed by atoms with Crippen LogP contribution in [0.2, 0.25) is 0 Å². The average Bonchev–Trinajstić information content (AvgIpc) is 2.90. The Hall–Kier alpha value is -1.98. The van der Waals surface area contributed by atoms with Crippen LogP contribution in [-0.4, -0.2) is 25.7 Å². The number of nitrogens with zero attached hydrogens (tertiary/aromatic N) is 4. The van der Waals surface area contributed by atoms with Gasteiger partial charge in [-0.05, 0) is 18.9 Å². The van der Waals surface area contributed by atoms with E-state index in [1.165, 1.54) is 0 Å². The summed E-state index contributed by atoms with van der Waals surface area (Å²) in [7, 11) is 1.73. The predicted molar refractivity (Wildman–Crippen MR) is 57.5 cm³/mol. The van der Waals surface area contributed by atoms with Crippen LogP contribution in [-0.2, 0) is 13.5 Å². The minimum Gasteiger partial charge on any atom is -0.339 e. The summed E-state index contributed by atoms with van der Waals surface area (Å²) in [5.41, 5.74) is 0.552. The van der Waals surface area contributed by atoms with Crippen molar-refractivity contribution in [1.29, 1.82) is 0 Å². The summed E-state index contributed by atoms with van der Waals surface area (Å²) in [6, 6.07) is 1.68. The van der Waals surface area contributed by atoms with Gasteiger partial charge in [-0.1, -0.05) is 5.16 Å². The van der Waals surface area contributed by atoms with Crippen molar-refractivity contribution < 1.29 is 9.32 Å². The molecule has 0 aliphatic heterocycles. The lowest BCUT2D eigenvalue weighted by molar-refractivity contribution is 0.0974. The molecule has 0 spiro atoms. The third kappa shape index (κ3) is 1.98. The van der Waals surface area contributed by atoms with E-state index >= 15 is 0 Å². The van der Waals surface area contributed by atoms with E-state index in [1.807, 2.05) is 0 Å². The van der Waals surface area contributed by atoms with Crippen molar-refractivity contribution in [3.8, 4) is 0 Å². The molecule has 2 aromatic rings. The van der Waals surface area contributed by atoms with Crippen molar-refractivity contribution in [2.24, 2.45) is 7.05 Å². The normalized spacial score (nSPS) is 15.1. The van der Waals surface area contributed by atoms with Crippen molar-refractivity contribution in [3.05, 3.63) is 29.7 Å². The molecule has 0 amide bonds. The standard InChI is InChI=1S/C11H12N4O2/c1-15-8(4-5-12-15)9(16)6-10-13-11(14-17-10)7-2-3-7/h4-5,7H,2-3,6H2,1H3. The van der Waals surface area contributed by atoms with Crippen LogP contribution >= 0.6 is 0 Å². The number of aromatic nitrogens is 4. The first kappa shape index (κ1) is 10.2. The summed E-state index contributed by atoms with van der Waals surface area (Å²) in [5, 5.41) is 7.83. The van der Waals surface area contributed by atoms with Gasteiger partial charge >= 0.3 is 0 Å². The number of Topliss-reactive ketones (excluding diaryl/α,β-unsaturated/α-hetero) is 1. The Bertz CT molecular complexity index is 553. The van der Waals surface area contributed by atoms with E-state index in [2.05, 4.69) is 15.2 Å². The van der Waals surface area contributed by atoms with Crippen LogP contribution in [0.3, 0.4) is 0 Å². The first-order valence-electron chi connectivity index (χ1n) is 5.57. The lowest BCUT2D eigenvalue weighted by Crippen LogP contribution is -2.09. The van der Waals surface area contributed by atoms with Crippen LogP contribution in [0, 0.1) is 0 Å². The number of hydrogen-bond acceptors (Lipinski definition) is 5. The van der Waals surface area contributed by atoms with Crippen LogP contribution < -0.4 is 0 Å². The number of ketones is 1. The maximum absolute atomic E-state index is 11.9. The van der Waals surface area contributed by atoms with Gasteiger partial charge in [0.05, 0.1) is 6.42 Å². The van der Waals surface area contributed by atoms with Gasteiger partial charge in [-0.15, -0.1) is 0 Å². The summed E-state index contributed by atoms with van der Waals surface area (Å²) in [6.45, 7) is 0. The monoisotopic (exact) mass is 232 g/mol. The Kier molecular flexibility index (Phi) is 2.28. The third-order valence-electron chi connectivity index (χ3n) is 2.84. The summed E-state index contributed by atoms with van der Waals surface area (Å²) < 4.78 is 6.61. The molecule has 17 heavy (non-hydrogen) atoms. The van der Waals surface area contributed by atoms with E-state index in [1.54, 1.807) is 24.0 Å². The van der Waals surface area contributed by atoms with Gasteiger partial charge in [0.1, 0.15) is 5.69 Å². The highest BCUT2D eigenvalue weighted by Crippen LogP contribution is 2.38. The SMILES string of the molecule is Cn1nccc1C(=O)Cc1nc(C2CC2)no1. The molecule has 0 unspecified atom stereocenters. The zero-order chi connectivity index (χ0) is 11.8. The smallest absolute Gasteiger partial charge is 0.234 e. The molecular weight excluding hydrogens is 220 g/mol. The zero-order valence-electron chi connectivity index (χ0n) is 9.46. The number of carbonyl (C=O) groups is 1. The highest BCUT2D eigenvalue weighted by Gasteiger charge is 2.29. The molecule has 0 atom stereocenters. The summed E-state index contributed by atoms with van der Waals surface area (Å²) in [5.74, 6) is 1.51. The van der Waals surface area contributed by atoms with Crippen molar-refractivity contribution in [2.45, 2.75) is 25.2 Å². The molecule has 0 aromatic carbocycles. The summed E-state index contributed by atoms with van der Waals surface area (Å²) in [4.78, 5) is 16.1. The fourth-order valence-corrected chi connectivity index (χ4v) is 1.72. The van der Waals surface area contributed by atoms with E-state index in [-0.39, 0.29) is 12.2 Å². The lowest BCUT2D eigenvalue weighted by Gasteiger charge is -1.97. The van der Waals surface area contributed by atoms with Gasteiger partial charge in [-0.2, -0.15) is 10.1 Å². The molecule has 0 bridgehead atoms. The second kappa shape index (κ2) is 3.80. The highest BCUT2D eigenvalue weighted by atomic mass is 16.5. The molecule has 6 nitrogen and oxygen atoms in total. The Morgan fingerprint density at radius 2 is 2.41 bits per heavy atom. The Morgan fingerprint density at radius 1 is 1.59 bits per heavy atom. The fourth-order valence-electron chi connectivity index (χ4n) is 1.72. The topological polar surface area (TPSA) is 73.8 Å². The van der Waals surface area contributed by atoms with Gasteiger partial charge < -0.3 is 4.52 Å². The quantitative estimate of drug-likeness (QED) is 0.738. The van der Waals surface area contributed by atoms with Crippen LogP contribution in [0.4, 0.5) is 0 Å². The van der Waals surface area contributed by atoms with Gasteiger partial charge in [0.2, 0.25) is 5.89 Å². The molecule has 0 saturated heterocycles. The number of carbonyl (C=O) groups excluding carboxylic acids is 1. The number of hydrogen-bond donors (Lipinski definition) is 0. The van der Waals surface area contributed by atoms with Crippen LogP contribution in [0.5, 0.6) is 0 Å². The molecule has 2 aromatic heterocycles. The molecule has 1 fully saturated rings. The summed E-state index contributed by atoms with van der Waals surface area (Å²) >= 11 is 0. The molecule has 1 aliphatic rings. The molecule has 88 valence electrons. The van der Waals surface area contributed by atoms with Crippen molar-refractivity contribution in [3.63, 3.8) is 0 Å². The Labute approximate surface area is 97.6 Å². The highest BCUT2D eigenvalue weighted by molar-refractivity contribution is 5.95. The number of rotatable bonds is 4. The molecule has 6 heteroatoms. The van der Waals surface area contributed by atoms with Gasteiger partial charge in [0, 0.05) is 19.2 Å². The van der Waals surface area contributed by atoms with Crippen molar-refractivity contribution >= 4 is 5.78 Å². The molecule has 1 aliphatic carbocycles.